The molecule has 0 unspecified atom stereocenters. The number of hydrogen-bond acceptors (Lipinski definition) is 5. The van der Waals surface area contributed by atoms with Crippen LogP contribution in [0.4, 0.5) is 13.2 Å². The molecule has 2 heterocycles. The van der Waals surface area contributed by atoms with Gasteiger partial charge < -0.3 is 18.9 Å². The van der Waals surface area contributed by atoms with Gasteiger partial charge in [-0.25, -0.2) is 4.79 Å². The normalized spacial score (nSPS) is 16.1. The Hall–Kier alpha value is -2.38. The van der Waals surface area contributed by atoms with Crippen LogP contribution >= 0.6 is 0 Å². The quantitative estimate of drug-likeness (QED) is 0.742. The lowest BCUT2D eigenvalue weighted by atomic mass is 10.1. The fourth-order valence-corrected chi connectivity index (χ4v) is 1.85. The second-order valence-electron chi connectivity index (χ2n) is 4.04. The first kappa shape index (κ1) is 12.6. The van der Waals surface area contributed by atoms with Gasteiger partial charge in [0.05, 0.1) is 5.57 Å². The third-order valence-electron chi connectivity index (χ3n) is 2.69. The Morgan fingerprint density at radius 1 is 1.10 bits per heavy atom. The van der Waals surface area contributed by atoms with Crippen molar-refractivity contribution in [2.24, 2.45) is 0 Å². The Kier molecular flexibility index (Phi) is 2.73. The smallest absolute Gasteiger partial charge is 0.488 e. The number of carbonyl (C=O) groups excluding carboxylic acids is 1. The first-order valence-electron chi connectivity index (χ1n) is 5.49. The van der Waals surface area contributed by atoms with Gasteiger partial charge in [-0.1, -0.05) is 0 Å². The molecule has 3 rings (SSSR count). The van der Waals surface area contributed by atoms with E-state index in [1.54, 1.807) is 6.07 Å². The molecule has 1 aromatic rings. The van der Waals surface area contributed by atoms with Gasteiger partial charge in [-0.2, -0.15) is 0 Å². The third-order valence-corrected chi connectivity index (χ3v) is 2.69. The van der Waals surface area contributed by atoms with Crippen molar-refractivity contribution in [3.63, 3.8) is 0 Å². The number of fused-ring (bicyclic) bond motifs is 2. The van der Waals surface area contributed by atoms with Crippen molar-refractivity contribution in [3.05, 3.63) is 23.3 Å². The van der Waals surface area contributed by atoms with Crippen LogP contribution in [0.2, 0.25) is 0 Å². The molecule has 20 heavy (non-hydrogen) atoms. The molecule has 1 aromatic carbocycles. The molecular weight excluding hydrogens is 281 g/mol. The van der Waals surface area contributed by atoms with E-state index in [-0.39, 0.29) is 19.0 Å². The minimum absolute atomic E-state index is 0.0604. The van der Waals surface area contributed by atoms with Gasteiger partial charge in [-0.3, -0.25) is 0 Å². The minimum Gasteiger partial charge on any atom is -0.488 e. The fourth-order valence-electron chi connectivity index (χ4n) is 1.85. The lowest BCUT2D eigenvalue weighted by molar-refractivity contribution is -0.303. The lowest BCUT2D eigenvalue weighted by Gasteiger charge is -2.18. The molecule has 0 radical (unpaired) electrons. The van der Waals surface area contributed by atoms with E-state index in [0.29, 0.717) is 22.8 Å². The van der Waals surface area contributed by atoms with Crippen LogP contribution in [0.5, 0.6) is 17.2 Å². The van der Waals surface area contributed by atoms with Crippen LogP contribution in [0.3, 0.4) is 0 Å². The summed E-state index contributed by atoms with van der Waals surface area (Å²) in [6.45, 7) is -0.244. The maximum absolute atomic E-state index is 12.0. The second-order valence-corrected chi connectivity index (χ2v) is 4.04. The lowest BCUT2D eigenvalue weighted by Crippen LogP contribution is -2.24. The van der Waals surface area contributed by atoms with E-state index < -0.39 is 12.3 Å². The van der Waals surface area contributed by atoms with Crippen molar-refractivity contribution < 1.29 is 36.9 Å². The average molecular weight is 288 g/mol. The van der Waals surface area contributed by atoms with Gasteiger partial charge in [0.1, 0.15) is 12.4 Å². The molecule has 8 heteroatoms. The van der Waals surface area contributed by atoms with Crippen LogP contribution in [0.25, 0.3) is 6.08 Å². The van der Waals surface area contributed by atoms with Crippen LogP contribution in [0.1, 0.15) is 5.56 Å². The number of benzene rings is 1. The van der Waals surface area contributed by atoms with Crippen LogP contribution in [0, 0.1) is 0 Å². The molecule has 106 valence electrons. The Morgan fingerprint density at radius 3 is 2.50 bits per heavy atom. The number of hydrogen-bond donors (Lipinski definition) is 0. The van der Waals surface area contributed by atoms with Crippen molar-refractivity contribution in [3.8, 4) is 17.2 Å². The number of carbonyl (C=O) groups is 1. The summed E-state index contributed by atoms with van der Waals surface area (Å²) in [5.41, 5.74) is 0.198. The van der Waals surface area contributed by atoms with Crippen LogP contribution < -0.4 is 14.2 Å². The molecule has 0 saturated carbocycles. The number of halogens is 3. The summed E-state index contributed by atoms with van der Waals surface area (Å²) in [5, 5.41) is 0. The summed E-state index contributed by atoms with van der Waals surface area (Å²) in [5.74, 6) is -0.161. The standard InChI is InChI=1S/C12H7F3O5/c13-12(14,15)20-11(16)7-1-6-2-9-10(19-5-18-9)3-8(6)17-4-7/h1-3H,4-5H2. The molecule has 0 aromatic heterocycles. The van der Waals surface area contributed by atoms with Crippen molar-refractivity contribution in [2.75, 3.05) is 13.4 Å². The van der Waals surface area contributed by atoms with Gasteiger partial charge in [0.15, 0.2) is 11.5 Å². The van der Waals surface area contributed by atoms with Gasteiger partial charge in [-0.05, 0) is 12.1 Å². The van der Waals surface area contributed by atoms with E-state index in [2.05, 4.69) is 4.74 Å². The summed E-state index contributed by atoms with van der Waals surface area (Å²) >= 11 is 0. The molecule has 2 aliphatic heterocycles. The van der Waals surface area contributed by atoms with Crippen molar-refractivity contribution in [1.29, 1.82) is 0 Å². The molecule has 0 saturated heterocycles. The van der Waals surface area contributed by atoms with Gasteiger partial charge in [0.25, 0.3) is 0 Å². The summed E-state index contributed by atoms with van der Waals surface area (Å²) in [6, 6.07) is 3.08. The van der Waals surface area contributed by atoms with Crippen molar-refractivity contribution >= 4 is 12.0 Å². The first-order chi connectivity index (χ1) is 9.42. The Labute approximate surface area is 110 Å². The monoisotopic (exact) mass is 288 g/mol. The van der Waals surface area contributed by atoms with Gasteiger partial charge >= 0.3 is 12.3 Å². The highest BCUT2D eigenvalue weighted by molar-refractivity contribution is 5.95. The van der Waals surface area contributed by atoms with E-state index in [1.807, 2.05) is 0 Å². The zero-order valence-corrected chi connectivity index (χ0v) is 9.82. The molecule has 0 fully saturated rings. The molecule has 2 aliphatic rings. The van der Waals surface area contributed by atoms with Crippen LogP contribution in [0.15, 0.2) is 17.7 Å². The predicted octanol–water partition coefficient (Wildman–Crippen LogP) is 2.25. The summed E-state index contributed by atoms with van der Waals surface area (Å²) in [7, 11) is 0. The Bertz CT molecular complexity index is 606. The van der Waals surface area contributed by atoms with E-state index in [1.165, 1.54) is 12.1 Å². The summed E-state index contributed by atoms with van der Waals surface area (Å²) in [6.07, 6.45) is -3.75. The maximum Gasteiger partial charge on any atom is 0.575 e. The van der Waals surface area contributed by atoms with E-state index >= 15 is 0 Å². The molecule has 5 nitrogen and oxygen atoms in total. The topological polar surface area (TPSA) is 54.0 Å². The molecule has 0 spiro atoms. The number of rotatable bonds is 1. The second kappa shape index (κ2) is 4.32. The van der Waals surface area contributed by atoms with Crippen molar-refractivity contribution in [2.45, 2.75) is 6.36 Å². The van der Waals surface area contributed by atoms with E-state index in [4.69, 9.17) is 14.2 Å². The first-order valence-corrected chi connectivity index (χ1v) is 5.49. The van der Waals surface area contributed by atoms with Crippen LogP contribution in [-0.2, 0) is 9.53 Å². The minimum atomic E-state index is -5.02. The number of alkyl halides is 3. The number of esters is 1. The molecule has 0 bridgehead atoms. The predicted molar refractivity (Wildman–Crippen MR) is 58.2 cm³/mol. The van der Waals surface area contributed by atoms with Crippen LogP contribution in [-0.4, -0.2) is 25.7 Å². The summed E-state index contributed by atoms with van der Waals surface area (Å²) in [4.78, 5) is 11.3. The third kappa shape index (κ3) is 2.36. The largest absolute Gasteiger partial charge is 0.575 e. The maximum atomic E-state index is 12.0. The molecule has 0 aliphatic carbocycles. The highest BCUT2D eigenvalue weighted by Crippen LogP contribution is 2.40. The van der Waals surface area contributed by atoms with E-state index in [0.717, 1.165) is 0 Å². The SMILES string of the molecule is O=C(OC(F)(F)F)C1=Cc2cc3c(cc2OC1)OCO3. The highest BCUT2D eigenvalue weighted by Gasteiger charge is 2.36. The molecule has 0 N–H and O–H groups in total. The zero-order chi connectivity index (χ0) is 14.3. The molecule has 0 amide bonds. The summed E-state index contributed by atoms with van der Waals surface area (Å²) < 4.78 is 54.8. The zero-order valence-electron chi connectivity index (χ0n) is 9.82. The molecular formula is C12H7F3O5. The fraction of sp³-hybridized carbons (Fsp3) is 0.250. The average Bonchev–Trinajstić information content (AvgIpc) is 2.80. The Balaban J connectivity index is 1.88. The van der Waals surface area contributed by atoms with Gasteiger partial charge in [-0.15, -0.1) is 13.2 Å². The van der Waals surface area contributed by atoms with Gasteiger partial charge in [0.2, 0.25) is 6.79 Å². The number of ether oxygens (including phenoxy) is 4. The van der Waals surface area contributed by atoms with Crippen molar-refractivity contribution in [1.82, 2.24) is 0 Å². The Morgan fingerprint density at radius 2 is 1.80 bits per heavy atom. The highest BCUT2D eigenvalue weighted by atomic mass is 19.4. The molecule has 0 atom stereocenters. The van der Waals surface area contributed by atoms with E-state index in [9.17, 15) is 18.0 Å². The van der Waals surface area contributed by atoms with Gasteiger partial charge in [0, 0.05) is 11.6 Å².